The predicted octanol–water partition coefficient (Wildman–Crippen LogP) is 3.53. The van der Waals surface area contributed by atoms with Gasteiger partial charge in [-0.15, -0.1) is 0 Å². The third-order valence-corrected chi connectivity index (χ3v) is 6.64. The largest absolute Gasteiger partial charge is 0.493 e. The number of benzene rings is 2. The first kappa shape index (κ1) is 24.3. The van der Waals surface area contributed by atoms with Gasteiger partial charge in [-0.3, -0.25) is 19.3 Å². The standard InChI is InChI=1S/C28H29N5O4/c1-36-23-9-8-19(15-24(23)37-2)10-13-32-17-22(16-26(32)34)28(35)30-25-11-14-33(31-25)18-21-6-3-5-20-7-4-12-29-27(20)21/h3-9,11-12,14-15,22H,10,13,16-18H2,1-2H3,(H,30,31,35). The van der Waals surface area contributed by atoms with Crippen LogP contribution in [0.4, 0.5) is 5.82 Å². The summed E-state index contributed by atoms with van der Waals surface area (Å²) in [5.74, 6) is 1.16. The molecule has 4 aromatic rings. The lowest BCUT2D eigenvalue weighted by Crippen LogP contribution is -2.30. The van der Waals surface area contributed by atoms with Gasteiger partial charge in [0.15, 0.2) is 17.3 Å². The second-order valence-corrected chi connectivity index (χ2v) is 9.06. The molecule has 1 atom stereocenters. The first-order valence-electron chi connectivity index (χ1n) is 12.2. The summed E-state index contributed by atoms with van der Waals surface area (Å²) in [7, 11) is 3.19. The minimum absolute atomic E-state index is 0.0189. The quantitative estimate of drug-likeness (QED) is 0.378. The normalized spacial score (nSPS) is 15.2. The van der Waals surface area contributed by atoms with E-state index in [-0.39, 0.29) is 18.2 Å². The van der Waals surface area contributed by atoms with Gasteiger partial charge < -0.3 is 19.7 Å². The number of aromatic nitrogens is 3. The van der Waals surface area contributed by atoms with Gasteiger partial charge in [0, 0.05) is 43.4 Å². The van der Waals surface area contributed by atoms with E-state index in [2.05, 4.69) is 15.4 Å². The monoisotopic (exact) mass is 499 g/mol. The number of hydrogen-bond acceptors (Lipinski definition) is 6. The second-order valence-electron chi connectivity index (χ2n) is 9.06. The van der Waals surface area contributed by atoms with E-state index in [0.717, 1.165) is 22.0 Å². The minimum Gasteiger partial charge on any atom is -0.493 e. The summed E-state index contributed by atoms with van der Waals surface area (Å²) in [6.07, 6.45) is 4.46. The van der Waals surface area contributed by atoms with Gasteiger partial charge in [0.05, 0.1) is 32.2 Å². The molecule has 0 saturated carbocycles. The molecule has 2 aromatic carbocycles. The van der Waals surface area contributed by atoms with Crippen molar-refractivity contribution in [2.24, 2.45) is 5.92 Å². The van der Waals surface area contributed by atoms with Gasteiger partial charge in [-0.25, -0.2) is 0 Å². The SMILES string of the molecule is COc1ccc(CCN2CC(C(=O)Nc3ccn(Cc4cccc5cccnc45)n3)CC2=O)cc1OC. The fraction of sp³-hybridized carbons (Fsp3) is 0.286. The molecule has 2 aromatic heterocycles. The van der Waals surface area contributed by atoms with Crippen molar-refractivity contribution in [3.8, 4) is 11.5 Å². The van der Waals surface area contributed by atoms with Crippen molar-refractivity contribution in [3.63, 3.8) is 0 Å². The zero-order chi connectivity index (χ0) is 25.8. The topological polar surface area (TPSA) is 98.6 Å². The molecule has 37 heavy (non-hydrogen) atoms. The fourth-order valence-electron chi connectivity index (χ4n) is 4.68. The lowest BCUT2D eigenvalue weighted by molar-refractivity contribution is -0.128. The molecule has 9 nitrogen and oxygen atoms in total. The number of hydrogen-bond donors (Lipinski definition) is 1. The number of nitrogens with one attached hydrogen (secondary N) is 1. The Morgan fingerprint density at radius 2 is 1.92 bits per heavy atom. The Balaban J connectivity index is 1.16. The summed E-state index contributed by atoms with van der Waals surface area (Å²) in [4.78, 5) is 31.7. The molecule has 0 aliphatic carbocycles. The highest BCUT2D eigenvalue weighted by Crippen LogP contribution is 2.28. The number of likely N-dealkylation sites (tertiary alicyclic amines) is 1. The van der Waals surface area contributed by atoms with E-state index in [4.69, 9.17) is 9.47 Å². The van der Waals surface area contributed by atoms with Crippen molar-refractivity contribution in [3.05, 3.63) is 78.1 Å². The van der Waals surface area contributed by atoms with Gasteiger partial charge in [-0.2, -0.15) is 5.10 Å². The van der Waals surface area contributed by atoms with Gasteiger partial charge in [0.1, 0.15) is 0 Å². The van der Waals surface area contributed by atoms with Crippen LogP contribution in [0.5, 0.6) is 11.5 Å². The van der Waals surface area contributed by atoms with E-state index in [0.29, 0.717) is 43.4 Å². The van der Waals surface area contributed by atoms with Crippen LogP contribution >= 0.6 is 0 Å². The smallest absolute Gasteiger partial charge is 0.230 e. The average molecular weight is 500 g/mol. The predicted molar refractivity (Wildman–Crippen MR) is 140 cm³/mol. The molecule has 1 aliphatic heterocycles. The molecule has 0 radical (unpaired) electrons. The molecule has 1 N–H and O–H groups in total. The molecule has 3 heterocycles. The van der Waals surface area contributed by atoms with Crippen LogP contribution in [0.2, 0.25) is 0 Å². The highest BCUT2D eigenvalue weighted by molar-refractivity contribution is 5.96. The highest BCUT2D eigenvalue weighted by Gasteiger charge is 2.34. The van der Waals surface area contributed by atoms with Crippen molar-refractivity contribution in [2.45, 2.75) is 19.4 Å². The number of para-hydroxylation sites is 1. The maximum absolute atomic E-state index is 12.9. The van der Waals surface area contributed by atoms with Gasteiger partial charge in [-0.05, 0) is 35.7 Å². The van der Waals surface area contributed by atoms with Crippen molar-refractivity contribution in [1.82, 2.24) is 19.7 Å². The van der Waals surface area contributed by atoms with Crippen LogP contribution < -0.4 is 14.8 Å². The lowest BCUT2D eigenvalue weighted by atomic mass is 10.1. The first-order valence-corrected chi connectivity index (χ1v) is 12.2. The Labute approximate surface area is 215 Å². The summed E-state index contributed by atoms with van der Waals surface area (Å²) in [6.45, 7) is 1.46. The molecular weight excluding hydrogens is 470 g/mol. The third-order valence-electron chi connectivity index (χ3n) is 6.64. The van der Waals surface area contributed by atoms with E-state index in [1.807, 2.05) is 54.7 Å². The number of carbonyl (C=O) groups excluding carboxylic acids is 2. The Morgan fingerprint density at radius 3 is 2.76 bits per heavy atom. The van der Waals surface area contributed by atoms with Crippen LogP contribution in [0, 0.1) is 5.92 Å². The Kier molecular flexibility index (Phi) is 7.02. The first-order chi connectivity index (χ1) is 18.0. The molecular formula is C28H29N5O4. The maximum Gasteiger partial charge on any atom is 0.230 e. The molecule has 9 heteroatoms. The molecule has 1 saturated heterocycles. The molecule has 2 amide bonds. The zero-order valence-electron chi connectivity index (χ0n) is 20.9. The summed E-state index contributed by atoms with van der Waals surface area (Å²) in [5.41, 5.74) is 3.01. The van der Waals surface area contributed by atoms with Gasteiger partial charge in [0.2, 0.25) is 11.8 Å². The molecule has 1 aliphatic rings. The summed E-state index contributed by atoms with van der Waals surface area (Å²) >= 11 is 0. The van der Waals surface area contributed by atoms with Crippen molar-refractivity contribution < 1.29 is 19.1 Å². The van der Waals surface area contributed by atoms with Crippen LogP contribution in [0.15, 0.2) is 67.0 Å². The number of pyridine rings is 1. The van der Waals surface area contributed by atoms with Crippen LogP contribution in [0.3, 0.4) is 0 Å². The summed E-state index contributed by atoms with van der Waals surface area (Å²) < 4.78 is 12.4. The van der Waals surface area contributed by atoms with Crippen LogP contribution in [0.1, 0.15) is 17.5 Å². The van der Waals surface area contributed by atoms with E-state index >= 15 is 0 Å². The van der Waals surface area contributed by atoms with E-state index < -0.39 is 5.92 Å². The van der Waals surface area contributed by atoms with Crippen molar-refractivity contribution >= 4 is 28.5 Å². The van der Waals surface area contributed by atoms with Gasteiger partial charge in [0.25, 0.3) is 0 Å². The number of nitrogens with zero attached hydrogens (tertiary/aromatic N) is 4. The Morgan fingerprint density at radius 1 is 1.08 bits per heavy atom. The summed E-state index contributed by atoms with van der Waals surface area (Å²) in [5, 5.41) is 8.45. The van der Waals surface area contributed by atoms with Gasteiger partial charge in [-0.1, -0.05) is 30.3 Å². The maximum atomic E-state index is 12.9. The molecule has 190 valence electrons. The van der Waals surface area contributed by atoms with Crippen molar-refractivity contribution in [1.29, 1.82) is 0 Å². The molecule has 1 unspecified atom stereocenters. The number of fused-ring (bicyclic) bond motifs is 1. The van der Waals surface area contributed by atoms with Crippen molar-refractivity contribution in [2.75, 3.05) is 32.6 Å². The Hall–Kier alpha value is -4.40. The molecule has 0 spiro atoms. The highest BCUT2D eigenvalue weighted by atomic mass is 16.5. The van der Waals surface area contributed by atoms with Gasteiger partial charge >= 0.3 is 0 Å². The van der Waals surface area contributed by atoms with Crippen LogP contribution in [0.25, 0.3) is 10.9 Å². The number of rotatable bonds is 9. The van der Waals surface area contributed by atoms with Crippen LogP contribution in [-0.2, 0) is 22.6 Å². The number of ether oxygens (including phenoxy) is 2. The van der Waals surface area contributed by atoms with Crippen LogP contribution in [-0.4, -0.2) is 58.8 Å². The minimum atomic E-state index is -0.412. The number of anilines is 1. The molecule has 5 rings (SSSR count). The number of methoxy groups -OCH3 is 2. The lowest BCUT2D eigenvalue weighted by Gasteiger charge is -2.17. The Bertz CT molecular complexity index is 1430. The van der Waals surface area contributed by atoms with E-state index in [1.165, 1.54) is 0 Å². The molecule has 0 bridgehead atoms. The number of carbonyl (C=O) groups is 2. The second kappa shape index (κ2) is 10.7. The average Bonchev–Trinajstić information content (AvgIpc) is 3.53. The van der Waals surface area contributed by atoms with E-state index in [9.17, 15) is 9.59 Å². The van der Waals surface area contributed by atoms with E-state index in [1.54, 1.807) is 36.1 Å². The fourth-order valence-corrected chi connectivity index (χ4v) is 4.68. The summed E-state index contributed by atoms with van der Waals surface area (Å²) in [6, 6.07) is 17.5. The molecule has 1 fully saturated rings. The number of amides is 2. The third kappa shape index (κ3) is 5.40. The zero-order valence-corrected chi connectivity index (χ0v) is 20.9.